The fraction of sp³-hybridized carbons (Fsp3) is 0.473. The van der Waals surface area contributed by atoms with Crippen molar-refractivity contribution in [2.75, 3.05) is 159 Å². The second kappa shape index (κ2) is 34.8. The van der Waals surface area contributed by atoms with Crippen LogP contribution in [0.15, 0.2) is 147 Å². The van der Waals surface area contributed by atoms with Gasteiger partial charge in [-0.25, -0.2) is 38.0 Å². The summed E-state index contributed by atoms with van der Waals surface area (Å²) in [4.78, 5) is 34.6. The predicted molar refractivity (Wildman–Crippen MR) is 466 cm³/mol. The fourth-order valence-electron chi connectivity index (χ4n) is 18.3. The van der Waals surface area contributed by atoms with Crippen molar-refractivity contribution in [1.82, 2.24) is 93.1 Å². The molecule has 18 bridgehead atoms. The zero-order valence-electron chi connectivity index (χ0n) is 69.9. The third-order valence-electron chi connectivity index (χ3n) is 25.5. The van der Waals surface area contributed by atoms with E-state index >= 15 is 0 Å². The summed E-state index contributed by atoms with van der Waals surface area (Å²) in [5, 5.41) is 36.1. The van der Waals surface area contributed by atoms with E-state index in [-0.39, 0.29) is 6.10 Å². The third-order valence-corrected chi connectivity index (χ3v) is 25.5. The van der Waals surface area contributed by atoms with Crippen LogP contribution >= 0.6 is 0 Å². The number of aryl methyl sites for hydroxylation is 4. The van der Waals surface area contributed by atoms with E-state index in [2.05, 4.69) is 211 Å². The average molecular weight is 1600 g/mol. The normalized spacial score (nSPS) is 23.1. The maximum Gasteiger partial charge on any atom is 0.165 e. The second-order valence-corrected chi connectivity index (χ2v) is 34.2. The van der Waals surface area contributed by atoms with Gasteiger partial charge >= 0.3 is 0 Å². The number of nitrogens with zero attached hydrogens (tertiary/aromatic N) is 18. The molecule has 0 spiro atoms. The molecule has 4 saturated heterocycles. The Morgan fingerprint density at radius 1 is 0.458 bits per heavy atom. The monoisotopic (exact) mass is 1590 g/mol. The number of rotatable bonds is 4. The molecule has 1 unspecified atom stereocenters. The van der Waals surface area contributed by atoms with Gasteiger partial charge in [0.05, 0.1) is 42.6 Å². The summed E-state index contributed by atoms with van der Waals surface area (Å²) < 4.78 is 32.8. The summed E-state index contributed by atoms with van der Waals surface area (Å²) in [6.07, 6.45) is 18.9. The van der Waals surface area contributed by atoms with Gasteiger partial charge in [-0.05, 0) is 210 Å². The first-order valence-corrected chi connectivity index (χ1v) is 43.1. The summed E-state index contributed by atoms with van der Waals surface area (Å²) in [6.45, 7) is 40.0. The number of hydrogen-bond donors (Lipinski definition) is 5. The average Bonchev–Trinajstić information content (AvgIpc) is 1.63. The standard InChI is InChI=1S/C25H32N6O.2C23H30N6O.C20H23N5O/c1-17-3-6-21-11-22(17)23-12-27-31-9-7-24(28-25(23)31)26-8-10-29-13-18(2)30(14-19-4-5-19)15-20(29)16-32-21;1-15(2)21-14-28-9-7-24-22-6-8-29-23(27-22)20(12-26-29)19-10-17(5-4-16(19)3)30-18(13-28)11-25-21;1-4-27-14-18-15-30-19-6-5-16(2)20(11-19)21-12-25-29-9-7-22(26-23(21)29)24-8-10-28(18)13-17(27)3;1-14-4-5-16-11-17(14)18-12-22-20-7-6-19(23-25(18)20)21-8-10-24-9-2-3-15(24)13-26-16/h3,6-7,9,11-12,18-20H,4-5,8,10,13-16H2,1-2H3,(H,26,28);4-6,8,10,12,15,18,21,25H,7,9,11,13-14H2,1-3H3,(H,24,27);5-7,9,11-12,17-18H,4,8,10,13-15H2,1-3H3,(H,24,26);4-7,11-12,15H,2-3,8-10,13H2,1H3,(H,21,23)/t18-,20+;18-,21-;17-,18+;15-/m1110/s1. The van der Waals surface area contributed by atoms with Crippen LogP contribution in [0.2, 0.25) is 0 Å². The minimum atomic E-state index is 0.107. The molecule has 0 amide bonds. The van der Waals surface area contributed by atoms with Crippen LogP contribution in [0.4, 0.5) is 23.3 Å². The highest BCUT2D eigenvalue weighted by Crippen LogP contribution is 2.38. The maximum absolute atomic E-state index is 6.49. The van der Waals surface area contributed by atoms with E-state index in [4.69, 9.17) is 39.0 Å². The molecule has 5 fully saturated rings. The molecule has 21 rings (SSSR count). The van der Waals surface area contributed by atoms with Crippen LogP contribution in [0.5, 0.6) is 23.0 Å². The number of nitrogens with one attached hydrogen (secondary N) is 5. The van der Waals surface area contributed by atoms with Gasteiger partial charge in [-0.2, -0.15) is 15.3 Å². The molecular formula is C91H115N23O4. The van der Waals surface area contributed by atoms with E-state index in [1.807, 2.05) is 91.8 Å². The van der Waals surface area contributed by atoms with E-state index in [1.165, 1.54) is 54.5 Å². The Kier molecular flexibility index (Phi) is 23.2. The van der Waals surface area contributed by atoms with Gasteiger partial charge in [0.1, 0.15) is 72.2 Å². The lowest BCUT2D eigenvalue weighted by molar-refractivity contribution is 0.0146. The molecule has 8 aromatic heterocycles. The van der Waals surface area contributed by atoms with Crippen LogP contribution in [0.1, 0.15) is 82.6 Å². The SMILES string of the molecule is CCN1C[C@H]2COc3ccc(C)c(c3)-c3cnn4ccc(nc34)NCCN2C[C@H]1C.Cc1ccc2cc1-c1cnc3ccc(nn13)NCCN1CCC[C@H]1CO2.Cc1ccc2cc1-c1cnn3ccc(nc13)NCCN1C[C@@H](C)N(CC3CC3)C[C@H]1CO2.Cc1ccc2cc1-c1cnn3ccc(nc13)NCCN1C[C@@H](CN[C@@H](C(C)C)C1)O2. The summed E-state index contributed by atoms with van der Waals surface area (Å²) in [6, 6.07) is 38.2. The van der Waals surface area contributed by atoms with Crippen molar-refractivity contribution < 1.29 is 18.9 Å². The molecule has 1 aliphatic carbocycles. The Morgan fingerprint density at radius 3 is 1.48 bits per heavy atom. The Morgan fingerprint density at radius 2 is 0.941 bits per heavy atom. The van der Waals surface area contributed by atoms with E-state index in [0.29, 0.717) is 55.4 Å². The molecule has 9 aliphatic rings. The van der Waals surface area contributed by atoms with Gasteiger partial charge in [-0.1, -0.05) is 45.0 Å². The largest absolute Gasteiger partial charge is 0.492 e. The number of ether oxygens (including phenoxy) is 4. The number of hydrogen-bond acceptors (Lipinski definition) is 23. The van der Waals surface area contributed by atoms with Crippen LogP contribution in [0, 0.1) is 39.5 Å². The zero-order chi connectivity index (χ0) is 80.5. The minimum Gasteiger partial charge on any atom is -0.492 e. The van der Waals surface area contributed by atoms with Gasteiger partial charge in [-0.3, -0.25) is 29.4 Å². The number of fused-ring (bicyclic) bond motifs is 21. The first kappa shape index (κ1) is 78.6. The number of benzene rings is 4. The number of anilines is 4. The molecule has 5 N–H and O–H groups in total. The molecule has 27 nitrogen and oxygen atoms in total. The molecule has 16 heterocycles. The van der Waals surface area contributed by atoms with Gasteiger partial charge in [0.15, 0.2) is 22.6 Å². The van der Waals surface area contributed by atoms with E-state index in [1.54, 1.807) is 0 Å². The number of likely N-dealkylation sites (N-methyl/N-ethyl adjacent to an activating group) is 1. The van der Waals surface area contributed by atoms with Crippen molar-refractivity contribution in [2.24, 2.45) is 11.8 Å². The zero-order valence-corrected chi connectivity index (χ0v) is 69.9. The Bertz CT molecular complexity index is 5500. The topological polar surface area (TPSA) is 237 Å². The van der Waals surface area contributed by atoms with Crippen molar-refractivity contribution in [2.45, 2.75) is 130 Å². The maximum atomic E-state index is 6.49. The highest BCUT2D eigenvalue weighted by molar-refractivity contribution is 5.83. The molecule has 618 valence electrons. The second-order valence-electron chi connectivity index (χ2n) is 34.2. The number of aromatic nitrogens is 12. The number of piperazine rings is 2. The quantitative estimate of drug-likeness (QED) is 0.110. The molecular weight excluding hydrogens is 1480 g/mol. The number of imidazole rings is 1. The molecule has 118 heavy (non-hydrogen) atoms. The summed E-state index contributed by atoms with van der Waals surface area (Å²) in [5.74, 6) is 8.69. The fourth-order valence-corrected chi connectivity index (χ4v) is 18.3. The van der Waals surface area contributed by atoms with Gasteiger partial charge < -0.3 is 45.5 Å². The first-order valence-electron chi connectivity index (χ1n) is 43.1. The Hall–Kier alpha value is -10.5. The minimum absolute atomic E-state index is 0.107. The molecule has 4 aromatic carbocycles. The molecule has 8 atom stereocenters. The summed E-state index contributed by atoms with van der Waals surface area (Å²) >= 11 is 0. The lowest BCUT2D eigenvalue weighted by Crippen LogP contribution is -2.60. The van der Waals surface area contributed by atoms with Crippen LogP contribution < -0.4 is 45.5 Å². The first-order chi connectivity index (χ1) is 57.6. The van der Waals surface area contributed by atoms with E-state index < -0.39 is 0 Å². The van der Waals surface area contributed by atoms with Crippen molar-refractivity contribution >= 4 is 45.9 Å². The van der Waals surface area contributed by atoms with Crippen molar-refractivity contribution in [1.29, 1.82) is 0 Å². The van der Waals surface area contributed by atoms with Crippen LogP contribution in [-0.2, 0) is 0 Å². The highest BCUT2D eigenvalue weighted by atomic mass is 16.5. The Balaban J connectivity index is 0.000000109. The van der Waals surface area contributed by atoms with Gasteiger partial charge in [0, 0.05) is 170 Å². The summed E-state index contributed by atoms with van der Waals surface area (Å²) in [5.41, 5.74) is 16.8. The molecule has 0 radical (unpaired) electrons. The Labute approximate surface area is 691 Å². The van der Waals surface area contributed by atoms with Gasteiger partial charge in [0.25, 0.3) is 0 Å². The van der Waals surface area contributed by atoms with Gasteiger partial charge in [-0.15, -0.1) is 5.10 Å². The predicted octanol–water partition coefficient (Wildman–Crippen LogP) is 12.0. The molecule has 27 heteroatoms. The lowest BCUT2D eigenvalue weighted by Gasteiger charge is -2.45. The van der Waals surface area contributed by atoms with E-state index in [9.17, 15) is 0 Å². The van der Waals surface area contributed by atoms with E-state index in [0.717, 1.165) is 237 Å². The molecule has 1 saturated carbocycles. The highest BCUT2D eigenvalue weighted by Gasteiger charge is 2.37. The molecule has 12 aromatic rings. The lowest BCUT2D eigenvalue weighted by atomic mass is 10.0. The van der Waals surface area contributed by atoms with Crippen LogP contribution in [0.25, 0.3) is 67.2 Å². The third kappa shape index (κ3) is 17.5. The van der Waals surface area contributed by atoms with Gasteiger partial charge in [0.2, 0.25) is 0 Å². The van der Waals surface area contributed by atoms with Crippen LogP contribution in [-0.4, -0.2) is 268 Å². The van der Waals surface area contributed by atoms with Crippen molar-refractivity contribution in [3.8, 4) is 67.6 Å². The van der Waals surface area contributed by atoms with Crippen LogP contribution in [0.3, 0.4) is 0 Å². The molecule has 8 aliphatic heterocycles. The summed E-state index contributed by atoms with van der Waals surface area (Å²) in [7, 11) is 0. The van der Waals surface area contributed by atoms with Crippen molar-refractivity contribution in [3.05, 3.63) is 169 Å². The smallest absolute Gasteiger partial charge is 0.165 e. The van der Waals surface area contributed by atoms with Crippen molar-refractivity contribution in [3.63, 3.8) is 0 Å².